The van der Waals surface area contributed by atoms with E-state index in [4.69, 9.17) is 13.9 Å². The maximum Gasteiger partial charge on any atom is 0.289 e. The fraction of sp³-hybridized carbons (Fsp3) is 0.353. The van der Waals surface area contributed by atoms with Crippen LogP contribution in [0.25, 0.3) is 0 Å². The highest BCUT2D eigenvalue weighted by molar-refractivity contribution is 5.91. The molecule has 0 radical (unpaired) electrons. The lowest BCUT2D eigenvalue weighted by molar-refractivity contribution is 0.0454. The summed E-state index contributed by atoms with van der Waals surface area (Å²) < 4.78 is 17.0. The van der Waals surface area contributed by atoms with E-state index in [0.717, 1.165) is 17.3 Å². The third-order valence-electron chi connectivity index (χ3n) is 3.61. The van der Waals surface area contributed by atoms with Crippen molar-refractivity contribution in [1.82, 2.24) is 4.90 Å². The molecule has 22 heavy (non-hydrogen) atoms. The molecule has 3 rings (SSSR count). The second-order valence-electron chi connectivity index (χ2n) is 5.25. The van der Waals surface area contributed by atoms with Crippen molar-refractivity contribution in [2.75, 3.05) is 19.7 Å². The van der Waals surface area contributed by atoms with E-state index in [1.165, 1.54) is 0 Å². The number of likely N-dealkylation sites (N-methyl/N-ethyl adjacent to an activating group) is 1. The molecule has 0 saturated heterocycles. The summed E-state index contributed by atoms with van der Waals surface area (Å²) in [7, 11) is 0. The fourth-order valence-electron chi connectivity index (χ4n) is 2.46. The molecule has 1 aliphatic heterocycles. The van der Waals surface area contributed by atoms with Gasteiger partial charge >= 0.3 is 0 Å². The van der Waals surface area contributed by atoms with Gasteiger partial charge in [-0.25, -0.2) is 0 Å². The number of fused-ring (bicyclic) bond motifs is 1. The van der Waals surface area contributed by atoms with Crippen LogP contribution in [0.15, 0.2) is 40.8 Å². The van der Waals surface area contributed by atoms with Crippen molar-refractivity contribution in [2.45, 2.75) is 20.0 Å². The van der Waals surface area contributed by atoms with Crippen LogP contribution in [0.5, 0.6) is 11.5 Å². The van der Waals surface area contributed by atoms with Crippen molar-refractivity contribution < 1.29 is 18.7 Å². The predicted molar refractivity (Wildman–Crippen MR) is 81.4 cm³/mol. The summed E-state index contributed by atoms with van der Waals surface area (Å²) >= 11 is 0. The number of amides is 1. The number of carbonyl (C=O) groups excluding carboxylic acids is 1. The number of furan rings is 1. The lowest BCUT2D eigenvalue weighted by atomic mass is 10.2. The summed E-state index contributed by atoms with van der Waals surface area (Å²) in [6.45, 7) is 5.23. The van der Waals surface area contributed by atoms with Gasteiger partial charge in [0.05, 0.1) is 6.54 Å². The fourth-order valence-corrected chi connectivity index (χ4v) is 2.46. The van der Waals surface area contributed by atoms with Gasteiger partial charge in [-0.3, -0.25) is 4.79 Å². The van der Waals surface area contributed by atoms with Crippen molar-refractivity contribution in [1.29, 1.82) is 0 Å². The predicted octanol–water partition coefficient (Wildman–Crippen LogP) is 2.89. The van der Waals surface area contributed by atoms with E-state index >= 15 is 0 Å². The highest BCUT2D eigenvalue weighted by atomic mass is 16.6. The molecule has 1 aromatic carbocycles. The topological polar surface area (TPSA) is 51.9 Å². The molecule has 0 fully saturated rings. The molecule has 1 aliphatic rings. The van der Waals surface area contributed by atoms with Crippen LogP contribution in [0.4, 0.5) is 0 Å². The Hall–Kier alpha value is -2.43. The van der Waals surface area contributed by atoms with Crippen molar-refractivity contribution in [3.05, 3.63) is 47.9 Å². The van der Waals surface area contributed by atoms with Crippen molar-refractivity contribution in [3.8, 4) is 11.5 Å². The first-order valence-electron chi connectivity index (χ1n) is 7.41. The summed E-state index contributed by atoms with van der Waals surface area (Å²) in [4.78, 5) is 14.2. The molecular weight excluding hydrogens is 282 g/mol. The zero-order valence-corrected chi connectivity index (χ0v) is 12.7. The van der Waals surface area contributed by atoms with E-state index in [-0.39, 0.29) is 12.0 Å². The zero-order chi connectivity index (χ0) is 15.5. The first-order chi connectivity index (χ1) is 10.7. The number of carbonyl (C=O) groups is 1. The minimum Gasteiger partial charge on any atom is -0.486 e. The lowest BCUT2D eigenvalue weighted by Gasteiger charge is -2.30. The smallest absolute Gasteiger partial charge is 0.289 e. The Morgan fingerprint density at radius 2 is 2.00 bits per heavy atom. The van der Waals surface area contributed by atoms with Crippen LogP contribution >= 0.6 is 0 Å². The minimum atomic E-state index is -0.185. The van der Waals surface area contributed by atoms with Gasteiger partial charge < -0.3 is 18.8 Å². The van der Waals surface area contributed by atoms with Gasteiger partial charge in [-0.15, -0.1) is 0 Å². The van der Waals surface area contributed by atoms with Gasteiger partial charge in [0.15, 0.2) is 23.4 Å². The largest absolute Gasteiger partial charge is 0.486 e. The summed E-state index contributed by atoms with van der Waals surface area (Å²) in [5, 5.41) is 0. The molecule has 1 unspecified atom stereocenters. The molecule has 0 aliphatic carbocycles. The van der Waals surface area contributed by atoms with E-state index in [2.05, 4.69) is 0 Å². The maximum atomic E-state index is 12.4. The molecule has 1 aromatic heterocycles. The quantitative estimate of drug-likeness (QED) is 0.871. The summed E-state index contributed by atoms with van der Waals surface area (Å²) in [6.07, 6.45) is -0.185. The number of para-hydroxylation sites is 2. The SMILES string of the molecule is CCN(CC1COc2ccccc2O1)C(=O)c1ccc(C)o1. The highest BCUT2D eigenvalue weighted by Crippen LogP contribution is 2.31. The number of hydrogen-bond donors (Lipinski definition) is 0. The van der Waals surface area contributed by atoms with Gasteiger partial charge in [-0.2, -0.15) is 0 Å². The Kier molecular flexibility index (Phi) is 4.04. The molecule has 5 heteroatoms. The van der Waals surface area contributed by atoms with Crippen LogP contribution in [0.3, 0.4) is 0 Å². The molecule has 0 N–H and O–H groups in total. The second-order valence-corrected chi connectivity index (χ2v) is 5.25. The Morgan fingerprint density at radius 1 is 1.23 bits per heavy atom. The number of rotatable bonds is 4. The van der Waals surface area contributed by atoms with Crippen LogP contribution in [0, 0.1) is 6.92 Å². The summed E-state index contributed by atoms with van der Waals surface area (Å²) in [6, 6.07) is 11.0. The molecule has 116 valence electrons. The first-order valence-corrected chi connectivity index (χ1v) is 7.41. The average molecular weight is 301 g/mol. The van der Waals surface area contributed by atoms with Crippen LogP contribution in [0.1, 0.15) is 23.2 Å². The zero-order valence-electron chi connectivity index (χ0n) is 12.7. The lowest BCUT2D eigenvalue weighted by Crippen LogP contribution is -2.43. The van der Waals surface area contributed by atoms with Crippen molar-refractivity contribution in [3.63, 3.8) is 0 Å². The van der Waals surface area contributed by atoms with Crippen molar-refractivity contribution in [2.24, 2.45) is 0 Å². The van der Waals surface area contributed by atoms with Gasteiger partial charge in [0.1, 0.15) is 12.4 Å². The molecule has 1 atom stereocenters. The van der Waals surface area contributed by atoms with Gasteiger partial charge in [-0.05, 0) is 38.1 Å². The molecular formula is C17H19NO4. The summed E-state index contributed by atoms with van der Waals surface area (Å²) in [5.74, 6) is 2.42. The third-order valence-corrected chi connectivity index (χ3v) is 3.61. The Bertz CT molecular complexity index is 664. The van der Waals surface area contributed by atoms with Crippen LogP contribution in [-0.2, 0) is 0 Å². The van der Waals surface area contributed by atoms with E-state index in [1.807, 2.05) is 38.1 Å². The number of benzene rings is 1. The van der Waals surface area contributed by atoms with E-state index in [1.54, 1.807) is 17.0 Å². The third kappa shape index (κ3) is 2.93. The molecule has 1 amide bonds. The van der Waals surface area contributed by atoms with E-state index < -0.39 is 0 Å². The molecule has 0 bridgehead atoms. The van der Waals surface area contributed by atoms with Gasteiger partial charge in [0.2, 0.25) is 0 Å². The Balaban J connectivity index is 1.68. The van der Waals surface area contributed by atoms with Gasteiger partial charge in [0.25, 0.3) is 5.91 Å². The van der Waals surface area contributed by atoms with Crippen molar-refractivity contribution >= 4 is 5.91 Å². The monoisotopic (exact) mass is 301 g/mol. The standard InChI is InChI=1S/C17H19NO4/c1-3-18(17(19)16-9-8-12(2)21-16)10-13-11-20-14-6-4-5-7-15(14)22-13/h4-9,13H,3,10-11H2,1-2H3. The highest BCUT2D eigenvalue weighted by Gasteiger charge is 2.26. The van der Waals surface area contributed by atoms with E-state index in [0.29, 0.717) is 25.5 Å². The van der Waals surface area contributed by atoms with Gasteiger partial charge in [0, 0.05) is 6.54 Å². The number of nitrogens with zero attached hydrogens (tertiary/aromatic N) is 1. The maximum absolute atomic E-state index is 12.4. The summed E-state index contributed by atoms with van der Waals surface area (Å²) in [5.41, 5.74) is 0. The Morgan fingerprint density at radius 3 is 2.68 bits per heavy atom. The normalized spacial score (nSPS) is 16.4. The van der Waals surface area contributed by atoms with Crippen LogP contribution in [0.2, 0.25) is 0 Å². The molecule has 5 nitrogen and oxygen atoms in total. The number of ether oxygens (including phenoxy) is 2. The Labute approximate surface area is 129 Å². The molecule has 2 aromatic rings. The molecule has 0 spiro atoms. The molecule has 2 heterocycles. The second kappa shape index (κ2) is 6.13. The van der Waals surface area contributed by atoms with Gasteiger partial charge in [-0.1, -0.05) is 12.1 Å². The minimum absolute atomic E-state index is 0.127. The van der Waals surface area contributed by atoms with Crippen LogP contribution in [-0.4, -0.2) is 36.6 Å². The number of hydrogen-bond acceptors (Lipinski definition) is 4. The first kappa shape index (κ1) is 14.5. The average Bonchev–Trinajstić information content (AvgIpc) is 2.98. The van der Waals surface area contributed by atoms with Crippen LogP contribution < -0.4 is 9.47 Å². The molecule has 0 saturated carbocycles. The van der Waals surface area contributed by atoms with E-state index in [9.17, 15) is 4.79 Å². The number of aryl methyl sites for hydroxylation is 1.